The summed E-state index contributed by atoms with van der Waals surface area (Å²) in [6, 6.07) is 3.68. The number of hydrogen-bond donors (Lipinski definition) is 1. The summed E-state index contributed by atoms with van der Waals surface area (Å²) in [6.45, 7) is 4.25. The van der Waals surface area contributed by atoms with Gasteiger partial charge in [0, 0.05) is 31.2 Å². The number of nitrogens with one attached hydrogen (secondary N) is 1. The highest BCUT2D eigenvalue weighted by Gasteiger charge is 2.24. The van der Waals surface area contributed by atoms with Gasteiger partial charge in [0.15, 0.2) is 11.5 Å². The first-order chi connectivity index (χ1) is 10.1. The van der Waals surface area contributed by atoms with Gasteiger partial charge in [0.25, 0.3) is 5.91 Å². The fourth-order valence-corrected chi connectivity index (χ4v) is 2.50. The van der Waals surface area contributed by atoms with Gasteiger partial charge in [-0.15, -0.1) is 0 Å². The highest BCUT2D eigenvalue weighted by Crippen LogP contribution is 2.38. The van der Waals surface area contributed by atoms with Crippen molar-refractivity contribution in [3.8, 4) is 17.2 Å². The molecule has 0 aliphatic carbocycles. The Morgan fingerprint density at radius 2 is 1.81 bits per heavy atom. The van der Waals surface area contributed by atoms with Crippen LogP contribution in [0.5, 0.6) is 17.2 Å². The van der Waals surface area contributed by atoms with E-state index in [0.29, 0.717) is 41.9 Å². The van der Waals surface area contributed by atoms with Crippen molar-refractivity contribution < 1.29 is 19.0 Å². The Morgan fingerprint density at radius 3 is 2.29 bits per heavy atom. The van der Waals surface area contributed by atoms with E-state index >= 15 is 0 Å². The zero-order valence-corrected chi connectivity index (χ0v) is 12.9. The molecule has 1 aromatic carbocycles. The van der Waals surface area contributed by atoms with Gasteiger partial charge in [-0.25, -0.2) is 0 Å². The van der Waals surface area contributed by atoms with Gasteiger partial charge in [0.05, 0.1) is 21.3 Å². The predicted molar refractivity (Wildman–Crippen MR) is 79.5 cm³/mol. The van der Waals surface area contributed by atoms with E-state index in [4.69, 9.17) is 14.2 Å². The van der Waals surface area contributed by atoms with E-state index in [0.717, 1.165) is 6.54 Å². The molecule has 1 N–H and O–H groups in total. The largest absolute Gasteiger partial charge is 0.493 e. The minimum atomic E-state index is -0.0254. The number of benzene rings is 1. The number of rotatable bonds is 4. The molecule has 0 radical (unpaired) electrons. The minimum Gasteiger partial charge on any atom is -0.493 e. The molecule has 1 aliphatic heterocycles. The summed E-state index contributed by atoms with van der Waals surface area (Å²) < 4.78 is 15.9. The van der Waals surface area contributed by atoms with Crippen LogP contribution in [0.3, 0.4) is 0 Å². The second-order valence-corrected chi connectivity index (χ2v) is 5.02. The number of carbonyl (C=O) groups excluding carboxylic acids is 1. The number of carbonyl (C=O) groups is 1. The van der Waals surface area contributed by atoms with Crippen molar-refractivity contribution in [2.75, 3.05) is 41.0 Å². The van der Waals surface area contributed by atoms with E-state index in [1.54, 1.807) is 33.5 Å². The van der Waals surface area contributed by atoms with Gasteiger partial charge in [-0.3, -0.25) is 4.79 Å². The normalized spacial score (nSPS) is 18.3. The molecule has 2 rings (SSSR count). The SMILES string of the molecule is COc1cc(C(=O)N2CCN[C@@H](C)C2)cc(OC)c1OC. The van der Waals surface area contributed by atoms with Crippen LogP contribution in [0.2, 0.25) is 0 Å². The Hall–Kier alpha value is -1.95. The number of piperazine rings is 1. The van der Waals surface area contributed by atoms with Crippen LogP contribution in [0.1, 0.15) is 17.3 Å². The van der Waals surface area contributed by atoms with Gasteiger partial charge >= 0.3 is 0 Å². The zero-order chi connectivity index (χ0) is 15.4. The molecule has 1 heterocycles. The average Bonchev–Trinajstić information content (AvgIpc) is 2.52. The molecule has 0 bridgehead atoms. The monoisotopic (exact) mass is 294 g/mol. The summed E-state index contributed by atoms with van der Waals surface area (Å²) in [5.74, 6) is 1.44. The Labute approximate surface area is 125 Å². The Morgan fingerprint density at radius 1 is 1.19 bits per heavy atom. The van der Waals surface area contributed by atoms with E-state index in [1.165, 1.54) is 0 Å². The second kappa shape index (κ2) is 6.67. The van der Waals surface area contributed by atoms with Crippen molar-refractivity contribution in [2.45, 2.75) is 13.0 Å². The quantitative estimate of drug-likeness (QED) is 0.902. The molecule has 1 atom stereocenters. The fraction of sp³-hybridized carbons (Fsp3) is 0.533. The molecule has 1 fully saturated rings. The Bertz CT molecular complexity index is 493. The Balaban J connectivity index is 2.32. The lowest BCUT2D eigenvalue weighted by molar-refractivity contribution is 0.0708. The van der Waals surface area contributed by atoms with Gasteiger partial charge in [-0.1, -0.05) is 0 Å². The first-order valence-corrected chi connectivity index (χ1v) is 6.93. The lowest BCUT2D eigenvalue weighted by atomic mass is 10.1. The number of methoxy groups -OCH3 is 3. The van der Waals surface area contributed by atoms with Crippen molar-refractivity contribution in [3.63, 3.8) is 0 Å². The van der Waals surface area contributed by atoms with Crippen molar-refractivity contribution in [1.29, 1.82) is 0 Å². The van der Waals surface area contributed by atoms with Crippen LogP contribution >= 0.6 is 0 Å². The Kier molecular flexibility index (Phi) is 4.90. The number of amides is 1. The van der Waals surface area contributed by atoms with Gasteiger partial charge < -0.3 is 24.4 Å². The molecule has 1 amide bonds. The molecule has 21 heavy (non-hydrogen) atoms. The van der Waals surface area contributed by atoms with Crippen molar-refractivity contribution in [1.82, 2.24) is 10.2 Å². The third kappa shape index (κ3) is 3.21. The molecule has 0 saturated carbocycles. The number of ether oxygens (including phenoxy) is 3. The standard InChI is InChI=1S/C15H22N2O4/c1-10-9-17(6-5-16-10)15(18)11-7-12(19-2)14(21-4)13(8-11)20-3/h7-8,10,16H,5-6,9H2,1-4H3/t10-/m0/s1. The first-order valence-electron chi connectivity index (χ1n) is 6.93. The van der Waals surface area contributed by atoms with E-state index in [2.05, 4.69) is 12.2 Å². The minimum absolute atomic E-state index is 0.0254. The van der Waals surface area contributed by atoms with Gasteiger partial charge in [0.2, 0.25) is 5.75 Å². The van der Waals surface area contributed by atoms with Crippen molar-refractivity contribution in [2.24, 2.45) is 0 Å². The van der Waals surface area contributed by atoms with E-state index in [-0.39, 0.29) is 5.91 Å². The van der Waals surface area contributed by atoms with Crippen LogP contribution in [0.25, 0.3) is 0 Å². The van der Waals surface area contributed by atoms with Crippen molar-refractivity contribution in [3.05, 3.63) is 17.7 Å². The summed E-state index contributed by atoms with van der Waals surface area (Å²) in [5.41, 5.74) is 0.540. The van der Waals surface area contributed by atoms with Crippen molar-refractivity contribution >= 4 is 5.91 Å². The van der Waals surface area contributed by atoms with Crippen LogP contribution in [0, 0.1) is 0 Å². The predicted octanol–water partition coefficient (Wildman–Crippen LogP) is 1.15. The van der Waals surface area contributed by atoms with E-state index < -0.39 is 0 Å². The summed E-state index contributed by atoms with van der Waals surface area (Å²) in [5, 5.41) is 3.32. The molecule has 0 spiro atoms. The molecule has 1 aromatic rings. The lowest BCUT2D eigenvalue weighted by Gasteiger charge is -2.32. The lowest BCUT2D eigenvalue weighted by Crippen LogP contribution is -2.51. The number of nitrogens with zero attached hydrogens (tertiary/aromatic N) is 1. The molecule has 6 nitrogen and oxygen atoms in total. The maximum atomic E-state index is 12.6. The van der Waals surface area contributed by atoms with E-state index in [1.807, 2.05) is 4.90 Å². The summed E-state index contributed by atoms with van der Waals surface area (Å²) in [6.07, 6.45) is 0. The highest BCUT2D eigenvalue weighted by molar-refractivity contribution is 5.95. The molecule has 0 unspecified atom stereocenters. The zero-order valence-electron chi connectivity index (χ0n) is 12.9. The maximum Gasteiger partial charge on any atom is 0.254 e. The maximum absolute atomic E-state index is 12.6. The fourth-order valence-electron chi connectivity index (χ4n) is 2.50. The van der Waals surface area contributed by atoms with Crippen LogP contribution in [0.4, 0.5) is 0 Å². The second-order valence-electron chi connectivity index (χ2n) is 5.02. The molecule has 0 aromatic heterocycles. The summed E-state index contributed by atoms with van der Waals surface area (Å²) in [4.78, 5) is 14.5. The number of hydrogen-bond acceptors (Lipinski definition) is 5. The van der Waals surface area contributed by atoms with Crippen LogP contribution in [-0.2, 0) is 0 Å². The molecule has 116 valence electrons. The van der Waals surface area contributed by atoms with Crippen LogP contribution in [-0.4, -0.2) is 57.8 Å². The molecule has 1 aliphatic rings. The third-order valence-corrected chi connectivity index (χ3v) is 3.57. The summed E-state index contributed by atoms with van der Waals surface area (Å²) in [7, 11) is 4.62. The van der Waals surface area contributed by atoms with Gasteiger partial charge in [-0.05, 0) is 19.1 Å². The molecular weight excluding hydrogens is 272 g/mol. The van der Waals surface area contributed by atoms with Gasteiger partial charge in [0.1, 0.15) is 0 Å². The summed E-state index contributed by atoms with van der Waals surface area (Å²) >= 11 is 0. The van der Waals surface area contributed by atoms with Crippen LogP contribution < -0.4 is 19.5 Å². The molecule has 1 saturated heterocycles. The topological polar surface area (TPSA) is 60.0 Å². The highest BCUT2D eigenvalue weighted by atomic mass is 16.5. The van der Waals surface area contributed by atoms with Gasteiger partial charge in [-0.2, -0.15) is 0 Å². The smallest absolute Gasteiger partial charge is 0.254 e. The molecule has 6 heteroatoms. The van der Waals surface area contributed by atoms with E-state index in [9.17, 15) is 4.79 Å². The third-order valence-electron chi connectivity index (χ3n) is 3.57. The van der Waals surface area contributed by atoms with Crippen LogP contribution in [0.15, 0.2) is 12.1 Å². The average molecular weight is 294 g/mol. The first kappa shape index (κ1) is 15.4. The molecular formula is C15H22N2O4.